The molecular formula is C59H38N2S. The monoisotopic (exact) mass is 806 g/mol. The summed E-state index contributed by atoms with van der Waals surface area (Å²) >= 11 is 1.86. The van der Waals surface area contributed by atoms with Crippen LogP contribution in [0.5, 0.6) is 0 Å². The lowest BCUT2D eigenvalue weighted by Gasteiger charge is -2.34. The number of fused-ring (bicyclic) bond motifs is 6. The molecule has 0 unspecified atom stereocenters. The minimum Gasteiger partial charge on any atom is -0.228 e. The largest absolute Gasteiger partial charge is 0.228 e. The van der Waals surface area contributed by atoms with Crippen molar-refractivity contribution in [3.63, 3.8) is 0 Å². The molecule has 11 aromatic rings. The SMILES string of the molecule is c1ccc(-c2nc(-c3ccc(-c4cccc5c4sc4ccccc45)cc3)cc(-c3cccc(-c4cccc5c4-c4ccccc4C5(c4ccccc4)c4ccccc4)c3)n2)cc1. The number of nitrogens with zero attached hydrogens (tertiary/aromatic N) is 2. The molecule has 1 aliphatic carbocycles. The van der Waals surface area contributed by atoms with Crippen LogP contribution >= 0.6 is 11.3 Å². The number of benzene rings is 9. The second-order valence-electron chi connectivity index (χ2n) is 16.0. The van der Waals surface area contributed by atoms with E-state index in [1.807, 2.05) is 29.5 Å². The van der Waals surface area contributed by atoms with Gasteiger partial charge in [-0.15, -0.1) is 11.3 Å². The van der Waals surface area contributed by atoms with Gasteiger partial charge in [0.1, 0.15) is 0 Å². The summed E-state index contributed by atoms with van der Waals surface area (Å²) in [6, 6.07) is 83.4. The molecule has 0 amide bonds. The highest BCUT2D eigenvalue weighted by atomic mass is 32.1. The van der Waals surface area contributed by atoms with Crippen LogP contribution in [0.4, 0.5) is 0 Å². The Labute approximate surface area is 365 Å². The van der Waals surface area contributed by atoms with E-state index in [-0.39, 0.29) is 0 Å². The number of hydrogen-bond donors (Lipinski definition) is 0. The van der Waals surface area contributed by atoms with Crippen molar-refractivity contribution in [3.05, 3.63) is 253 Å². The molecule has 2 heterocycles. The zero-order chi connectivity index (χ0) is 41.0. The Kier molecular flexibility index (Phi) is 8.62. The molecule has 290 valence electrons. The average Bonchev–Trinajstić information content (AvgIpc) is 3.89. The summed E-state index contributed by atoms with van der Waals surface area (Å²) in [5.74, 6) is 0.702. The smallest absolute Gasteiger partial charge is 0.160 e. The molecule has 2 nitrogen and oxygen atoms in total. The third kappa shape index (κ3) is 5.78. The quantitative estimate of drug-likeness (QED) is 0.160. The molecule has 0 fully saturated rings. The molecule has 0 bridgehead atoms. The fourth-order valence-corrected chi connectivity index (χ4v) is 11.1. The van der Waals surface area contributed by atoms with Gasteiger partial charge in [0.05, 0.1) is 16.8 Å². The van der Waals surface area contributed by atoms with Crippen molar-refractivity contribution < 1.29 is 0 Å². The predicted molar refractivity (Wildman–Crippen MR) is 259 cm³/mol. The lowest BCUT2D eigenvalue weighted by Crippen LogP contribution is -2.28. The van der Waals surface area contributed by atoms with Crippen LogP contribution in [-0.2, 0) is 5.41 Å². The molecule has 0 aliphatic heterocycles. The second kappa shape index (κ2) is 14.8. The molecule has 12 rings (SSSR count). The van der Waals surface area contributed by atoms with Gasteiger partial charge < -0.3 is 0 Å². The van der Waals surface area contributed by atoms with Gasteiger partial charge in [-0.25, -0.2) is 9.97 Å². The molecule has 0 N–H and O–H groups in total. The molecule has 0 saturated carbocycles. The van der Waals surface area contributed by atoms with Crippen LogP contribution in [0.1, 0.15) is 22.3 Å². The molecule has 2 aromatic heterocycles. The van der Waals surface area contributed by atoms with E-state index in [0.29, 0.717) is 5.82 Å². The van der Waals surface area contributed by atoms with Gasteiger partial charge in [-0.2, -0.15) is 0 Å². The van der Waals surface area contributed by atoms with Gasteiger partial charge in [-0.1, -0.05) is 212 Å². The third-order valence-electron chi connectivity index (χ3n) is 12.6. The summed E-state index contributed by atoms with van der Waals surface area (Å²) < 4.78 is 2.63. The van der Waals surface area contributed by atoms with Crippen LogP contribution in [0.3, 0.4) is 0 Å². The Hall–Kier alpha value is -7.72. The Bertz CT molecular complexity index is 3400. The van der Waals surface area contributed by atoms with Crippen molar-refractivity contribution in [1.82, 2.24) is 9.97 Å². The van der Waals surface area contributed by atoms with Gasteiger partial charge in [0.25, 0.3) is 0 Å². The summed E-state index contributed by atoms with van der Waals surface area (Å²) in [6.07, 6.45) is 0. The highest BCUT2D eigenvalue weighted by molar-refractivity contribution is 7.26. The lowest BCUT2D eigenvalue weighted by molar-refractivity contribution is 0.768. The minimum absolute atomic E-state index is 0.464. The average molecular weight is 807 g/mol. The Morgan fingerprint density at radius 3 is 1.65 bits per heavy atom. The molecule has 3 heteroatoms. The van der Waals surface area contributed by atoms with E-state index in [4.69, 9.17) is 9.97 Å². The maximum absolute atomic E-state index is 5.26. The van der Waals surface area contributed by atoms with E-state index in [0.717, 1.165) is 33.6 Å². The highest BCUT2D eigenvalue weighted by Gasteiger charge is 2.46. The van der Waals surface area contributed by atoms with Crippen molar-refractivity contribution in [2.24, 2.45) is 0 Å². The Balaban J connectivity index is 0.988. The lowest BCUT2D eigenvalue weighted by atomic mass is 9.67. The second-order valence-corrected chi connectivity index (χ2v) is 17.1. The predicted octanol–water partition coefficient (Wildman–Crippen LogP) is 15.5. The van der Waals surface area contributed by atoms with E-state index < -0.39 is 5.41 Å². The van der Waals surface area contributed by atoms with Crippen LogP contribution in [0.2, 0.25) is 0 Å². The molecule has 9 aromatic carbocycles. The van der Waals surface area contributed by atoms with Gasteiger partial charge in [-0.3, -0.25) is 0 Å². The summed E-state index contributed by atoms with van der Waals surface area (Å²) in [4.78, 5) is 10.5. The maximum atomic E-state index is 5.26. The summed E-state index contributed by atoms with van der Waals surface area (Å²) in [5.41, 5.74) is 16.8. The molecule has 62 heavy (non-hydrogen) atoms. The van der Waals surface area contributed by atoms with Crippen LogP contribution < -0.4 is 0 Å². The van der Waals surface area contributed by atoms with Crippen LogP contribution in [0.25, 0.3) is 87.5 Å². The third-order valence-corrected chi connectivity index (χ3v) is 13.8. The fourth-order valence-electron chi connectivity index (χ4n) is 9.83. The zero-order valence-electron chi connectivity index (χ0n) is 33.7. The van der Waals surface area contributed by atoms with Crippen molar-refractivity contribution in [2.45, 2.75) is 5.41 Å². The first-order chi connectivity index (χ1) is 30.7. The molecule has 0 radical (unpaired) electrons. The van der Waals surface area contributed by atoms with Crippen LogP contribution in [-0.4, -0.2) is 9.97 Å². The number of rotatable bonds is 7. The van der Waals surface area contributed by atoms with Crippen LogP contribution in [0, 0.1) is 0 Å². The van der Waals surface area contributed by atoms with Crippen molar-refractivity contribution in [3.8, 4) is 67.3 Å². The first-order valence-electron chi connectivity index (χ1n) is 21.1. The van der Waals surface area contributed by atoms with E-state index >= 15 is 0 Å². The molecule has 0 saturated heterocycles. The molecule has 0 spiro atoms. The topological polar surface area (TPSA) is 25.8 Å². The standard InChI is InChI=1S/C59H38N2S/c1-4-17-41(18-5-1)58-60-53(40-35-33-39(34-36-40)47-28-15-29-49-48-25-11-13-32-55(48)62-57(47)49)38-54(61-58)43-20-14-19-42(37-43)46-27-16-31-52-56(46)50-26-10-12-30-51(50)59(52,44-21-6-2-7-22-44)45-23-8-3-9-24-45/h1-38H. The van der Waals surface area contributed by atoms with E-state index in [1.54, 1.807) is 0 Å². The zero-order valence-corrected chi connectivity index (χ0v) is 34.6. The summed E-state index contributed by atoms with van der Waals surface area (Å²) in [5, 5.41) is 2.62. The number of aromatic nitrogens is 2. The first kappa shape index (κ1) is 36.2. The van der Waals surface area contributed by atoms with Gasteiger partial charge in [0, 0.05) is 36.9 Å². The van der Waals surface area contributed by atoms with Crippen molar-refractivity contribution >= 4 is 31.5 Å². The number of hydrogen-bond acceptors (Lipinski definition) is 3. The van der Waals surface area contributed by atoms with Gasteiger partial charge in [0.15, 0.2) is 5.82 Å². The van der Waals surface area contributed by atoms with Gasteiger partial charge in [0.2, 0.25) is 0 Å². The van der Waals surface area contributed by atoms with Crippen molar-refractivity contribution in [1.29, 1.82) is 0 Å². The molecule has 1 aliphatic rings. The Morgan fingerprint density at radius 2 is 0.871 bits per heavy atom. The van der Waals surface area contributed by atoms with E-state index in [2.05, 4.69) is 212 Å². The highest BCUT2D eigenvalue weighted by Crippen LogP contribution is 2.58. The number of thiophene rings is 1. The fraction of sp³-hybridized carbons (Fsp3) is 0.0169. The van der Waals surface area contributed by atoms with E-state index in [1.165, 1.54) is 70.2 Å². The molecule has 0 atom stereocenters. The normalized spacial score (nSPS) is 12.6. The maximum Gasteiger partial charge on any atom is 0.160 e. The minimum atomic E-state index is -0.464. The molecular weight excluding hydrogens is 769 g/mol. The van der Waals surface area contributed by atoms with Crippen LogP contribution in [0.15, 0.2) is 231 Å². The van der Waals surface area contributed by atoms with Gasteiger partial charge in [-0.05, 0) is 73.8 Å². The first-order valence-corrected chi connectivity index (χ1v) is 22.0. The van der Waals surface area contributed by atoms with Gasteiger partial charge >= 0.3 is 0 Å². The van der Waals surface area contributed by atoms with E-state index in [9.17, 15) is 0 Å². The summed E-state index contributed by atoms with van der Waals surface area (Å²) in [7, 11) is 0. The van der Waals surface area contributed by atoms with Crippen molar-refractivity contribution in [2.75, 3.05) is 0 Å². The summed E-state index contributed by atoms with van der Waals surface area (Å²) in [6.45, 7) is 0. The Morgan fingerprint density at radius 1 is 0.339 bits per heavy atom.